The fourth-order valence-electron chi connectivity index (χ4n) is 0. The fraction of sp³-hybridized carbons (Fsp3) is 1.00. The average Bonchev–Trinajstić information content (AvgIpc) is 1.38. The SMILES string of the molecule is CCC(C)C.[K+].[OH-]. The van der Waals surface area contributed by atoms with Crippen molar-refractivity contribution < 1.29 is 56.9 Å². The summed E-state index contributed by atoms with van der Waals surface area (Å²) in [7, 11) is 0. The minimum absolute atomic E-state index is 0. The largest absolute Gasteiger partial charge is 1.00 e. The third-order valence-corrected chi connectivity index (χ3v) is 0.816. The second-order valence-electron chi connectivity index (χ2n) is 1.80. The minimum atomic E-state index is 0. The molecule has 0 saturated carbocycles. The van der Waals surface area contributed by atoms with Crippen LogP contribution in [0.3, 0.4) is 0 Å². The first-order valence-electron chi connectivity index (χ1n) is 2.27. The van der Waals surface area contributed by atoms with Crippen LogP contribution in [0.4, 0.5) is 0 Å². The summed E-state index contributed by atoms with van der Waals surface area (Å²) in [5, 5.41) is 0. The Morgan fingerprint density at radius 3 is 1.43 bits per heavy atom. The molecule has 1 nitrogen and oxygen atoms in total. The summed E-state index contributed by atoms with van der Waals surface area (Å²) < 4.78 is 0. The van der Waals surface area contributed by atoms with Crippen molar-refractivity contribution >= 4 is 0 Å². The summed E-state index contributed by atoms with van der Waals surface area (Å²) in [5.74, 6) is 0.884. The predicted octanol–water partition coefficient (Wildman–Crippen LogP) is -1.12. The van der Waals surface area contributed by atoms with Crippen molar-refractivity contribution in [1.29, 1.82) is 0 Å². The standard InChI is InChI=1S/C5H12.K.H2O/c1-4-5(2)3;;/h5H,4H2,1-3H3;;1H2/q;+1;/p-1. The van der Waals surface area contributed by atoms with Gasteiger partial charge in [0.05, 0.1) is 0 Å². The number of rotatable bonds is 1. The molecule has 0 aliphatic heterocycles. The Hall–Kier alpha value is 1.60. The molecule has 0 unspecified atom stereocenters. The molecular formula is C5H13KO. The summed E-state index contributed by atoms with van der Waals surface area (Å²) in [6.45, 7) is 6.64. The van der Waals surface area contributed by atoms with E-state index in [4.69, 9.17) is 0 Å². The molecule has 0 atom stereocenters. The molecule has 0 aliphatic rings. The van der Waals surface area contributed by atoms with Crippen molar-refractivity contribution in [1.82, 2.24) is 0 Å². The van der Waals surface area contributed by atoms with Gasteiger partial charge in [0.25, 0.3) is 0 Å². The third-order valence-electron chi connectivity index (χ3n) is 0.816. The van der Waals surface area contributed by atoms with E-state index in [2.05, 4.69) is 20.8 Å². The van der Waals surface area contributed by atoms with Crippen LogP contribution in [0.25, 0.3) is 0 Å². The molecule has 0 heterocycles. The maximum Gasteiger partial charge on any atom is 1.00 e. The Morgan fingerprint density at radius 2 is 1.43 bits per heavy atom. The van der Waals surface area contributed by atoms with Gasteiger partial charge in [-0.1, -0.05) is 27.2 Å². The van der Waals surface area contributed by atoms with Gasteiger partial charge in [-0.2, -0.15) is 0 Å². The van der Waals surface area contributed by atoms with E-state index in [1.54, 1.807) is 0 Å². The molecule has 0 aliphatic carbocycles. The zero-order valence-electron chi connectivity index (χ0n) is 5.73. The van der Waals surface area contributed by atoms with Crippen molar-refractivity contribution in [3.05, 3.63) is 0 Å². The van der Waals surface area contributed by atoms with Gasteiger partial charge in [0.1, 0.15) is 0 Å². The van der Waals surface area contributed by atoms with Crippen LogP contribution in [0.5, 0.6) is 0 Å². The molecule has 1 N–H and O–H groups in total. The molecule has 40 valence electrons. The van der Waals surface area contributed by atoms with Gasteiger partial charge in [-0.05, 0) is 5.92 Å². The van der Waals surface area contributed by atoms with Crippen LogP contribution in [0.1, 0.15) is 27.2 Å². The Kier molecular flexibility index (Phi) is 23.9. The van der Waals surface area contributed by atoms with Gasteiger partial charge in [0.2, 0.25) is 0 Å². The second-order valence-corrected chi connectivity index (χ2v) is 1.80. The topological polar surface area (TPSA) is 30.0 Å². The molecule has 0 radical (unpaired) electrons. The fourth-order valence-corrected chi connectivity index (χ4v) is 0. The summed E-state index contributed by atoms with van der Waals surface area (Å²) in [5.41, 5.74) is 0. The van der Waals surface area contributed by atoms with Gasteiger partial charge in [-0.3, -0.25) is 0 Å². The van der Waals surface area contributed by atoms with Gasteiger partial charge in [0.15, 0.2) is 0 Å². The summed E-state index contributed by atoms with van der Waals surface area (Å²) >= 11 is 0. The Bertz CT molecular complexity index is 22.0. The van der Waals surface area contributed by atoms with Crippen molar-refractivity contribution in [3.63, 3.8) is 0 Å². The molecule has 0 bridgehead atoms. The number of hydrogen-bond acceptors (Lipinski definition) is 1. The summed E-state index contributed by atoms with van der Waals surface area (Å²) in [4.78, 5) is 0. The normalized spacial score (nSPS) is 6.86. The van der Waals surface area contributed by atoms with E-state index in [1.807, 2.05) is 0 Å². The van der Waals surface area contributed by atoms with E-state index in [0.29, 0.717) is 0 Å². The van der Waals surface area contributed by atoms with Crippen molar-refractivity contribution in [2.24, 2.45) is 5.92 Å². The van der Waals surface area contributed by atoms with Crippen molar-refractivity contribution in [3.8, 4) is 0 Å². The van der Waals surface area contributed by atoms with Gasteiger partial charge >= 0.3 is 51.4 Å². The van der Waals surface area contributed by atoms with Crippen molar-refractivity contribution in [2.45, 2.75) is 27.2 Å². The average molecular weight is 128 g/mol. The zero-order chi connectivity index (χ0) is 4.28. The van der Waals surface area contributed by atoms with Gasteiger partial charge < -0.3 is 5.48 Å². The van der Waals surface area contributed by atoms with Crippen LogP contribution in [-0.4, -0.2) is 5.48 Å². The monoisotopic (exact) mass is 128 g/mol. The van der Waals surface area contributed by atoms with Gasteiger partial charge in [0, 0.05) is 0 Å². The molecule has 0 aromatic rings. The van der Waals surface area contributed by atoms with E-state index in [9.17, 15) is 0 Å². The first kappa shape index (κ1) is 15.8. The minimum Gasteiger partial charge on any atom is -0.870 e. The zero-order valence-corrected chi connectivity index (χ0v) is 8.85. The summed E-state index contributed by atoms with van der Waals surface area (Å²) in [6.07, 6.45) is 1.31. The van der Waals surface area contributed by atoms with E-state index in [1.165, 1.54) is 6.42 Å². The van der Waals surface area contributed by atoms with Crippen LogP contribution in [0.15, 0.2) is 0 Å². The molecule has 0 rings (SSSR count). The third kappa shape index (κ3) is 18.4. The number of hydrogen-bond donors (Lipinski definition) is 0. The molecule has 0 saturated heterocycles. The molecule has 0 amide bonds. The molecule has 0 fully saturated rings. The van der Waals surface area contributed by atoms with Crippen molar-refractivity contribution in [2.75, 3.05) is 0 Å². The quantitative estimate of drug-likeness (QED) is 0.411. The van der Waals surface area contributed by atoms with Crippen LogP contribution in [-0.2, 0) is 0 Å². The predicted molar refractivity (Wildman–Crippen MR) is 27.1 cm³/mol. The Balaban J connectivity index is -0.0000000800. The van der Waals surface area contributed by atoms with Gasteiger partial charge in [-0.15, -0.1) is 0 Å². The smallest absolute Gasteiger partial charge is 0.870 e. The molecule has 0 aromatic heterocycles. The molecule has 2 heteroatoms. The molecule has 0 aromatic carbocycles. The van der Waals surface area contributed by atoms with E-state index in [-0.39, 0.29) is 56.9 Å². The van der Waals surface area contributed by atoms with Crippen LogP contribution < -0.4 is 51.4 Å². The van der Waals surface area contributed by atoms with E-state index < -0.39 is 0 Å². The molecule has 7 heavy (non-hydrogen) atoms. The molecule has 0 spiro atoms. The van der Waals surface area contributed by atoms with E-state index >= 15 is 0 Å². The van der Waals surface area contributed by atoms with Crippen LogP contribution in [0.2, 0.25) is 0 Å². The van der Waals surface area contributed by atoms with Crippen LogP contribution >= 0.6 is 0 Å². The maximum atomic E-state index is 2.22. The Labute approximate surface area is 88.6 Å². The van der Waals surface area contributed by atoms with E-state index in [0.717, 1.165) is 5.92 Å². The maximum absolute atomic E-state index is 2.22. The summed E-state index contributed by atoms with van der Waals surface area (Å²) in [6, 6.07) is 0. The molecular weight excluding hydrogens is 115 g/mol. The first-order chi connectivity index (χ1) is 2.27. The Morgan fingerprint density at radius 1 is 1.29 bits per heavy atom. The van der Waals surface area contributed by atoms with Gasteiger partial charge in [-0.25, -0.2) is 0 Å². The second kappa shape index (κ2) is 10.6. The van der Waals surface area contributed by atoms with Crippen LogP contribution in [0, 0.1) is 5.92 Å². The first-order valence-corrected chi connectivity index (χ1v) is 2.27.